The van der Waals surface area contributed by atoms with Gasteiger partial charge in [-0.15, -0.1) is 0 Å². The number of nitrogens with one attached hydrogen (secondary N) is 1. The highest BCUT2D eigenvalue weighted by Gasteiger charge is 2.26. The van der Waals surface area contributed by atoms with Crippen LogP contribution >= 0.6 is 11.3 Å². The number of benzene rings is 3. The van der Waals surface area contributed by atoms with Crippen molar-refractivity contribution in [2.75, 3.05) is 31.0 Å². The Morgan fingerprint density at radius 1 is 0.861 bits per heavy atom. The number of anilines is 1. The number of thiazole rings is 1. The average Bonchev–Trinajstić information content (AvgIpc) is 3.19. The Balaban J connectivity index is 1.37. The van der Waals surface area contributed by atoms with Crippen molar-refractivity contribution in [2.24, 2.45) is 0 Å². The molecule has 1 aromatic heterocycles. The fraction of sp³-hybridized carbons (Fsp3) is 0.208. The Bertz CT molecular complexity index is 1660. The van der Waals surface area contributed by atoms with E-state index in [-0.39, 0.29) is 33.4 Å². The zero-order chi connectivity index (χ0) is 25.3. The maximum atomic E-state index is 13.0. The summed E-state index contributed by atoms with van der Waals surface area (Å²) in [5.74, 6) is 0. The second-order valence-corrected chi connectivity index (χ2v) is 12.8. The summed E-state index contributed by atoms with van der Waals surface area (Å²) < 4.78 is 62.8. The van der Waals surface area contributed by atoms with Gasteiger partial charge in [-0.05, 0) is 48.0 Å². The zero-order valence-corrected chi connectivity index (χ0v) is 21.5. The topological polar surface area (TPSA) is 115 Å². The Kier molecular flexibility index (Phi) is 6.70. The molecule has 1 aliphatic rings. The molecule has 12 heteroatoms. The van der Waals surface area contributed by atoms with Crippen LogP contribution in [-0.2, 0) is 31.3 Å². The van der Waals surface area contributed by atoms with Crippen molar-refractivity contribution in [3.8, 4) is 0 Å². The monoisotopic (exact) mass is 545 g/mol. The van der Waals surface area contributed by atoms with Crippen LogP contribution in [0.3, 0.4) is 0 Å². The third-order valence-corrected chi connectivity index (χ3v) is 10.1. The molecule has 0 amide bonds. The minimum Gasteiger partial charge on any atom is -0.379 e. The molecular formula is C24H23N3O6S3. The summed E-state index contributed by atoms with van der Waals surface area (Å²) in [7, 11) is -7.64. The first-order valence-corrected chi connectivity index (χ1v) is 14.9. The first-order valence-electron chi connectivity index (χ1n) is 11.1. The van der Waals surface area contributed by atoms with E-state index in [1.807, 2.05) is 30.3 Å². The van der Waals surface area contributed by atoms with E-state index in [1.165, 1.54) is 40.7 Å². The van der Waals surface area contributed by atoms with Crippen LogP contribution in [0.4, 0.5) is 5.69 Å². The fourth-order valence-electron chi connectivity index (χ4n) is 3.97. The van der Waals surface area contributed by atoms with Gasteiger partial charge in [-0.2, -0.15) is 4.31 Å². The van der Waals surface area contributed by atoms with Crippen molar-refractivity contribution in [1.29, 1.82) is 0 Å². The molecule has 0 radical (unpaired) electrons. The molecule has 0 unspecified atom stereocenters. The minimum absolute atomic E-state index is 0.00752. The van der Waals surface area contributed by atoms with E-state index in [4.69, 9.17) is 4.74 Å². The highest BCUT2D eigenvalue weighted by atomic mass is 32.2. The van der Waals surface area contributed by atoms with E-state index in [2.05, 4.69) is 4.72 Å². The van der Waals surface area contributed by atoms with Gasteiger partial charge in [-0.3, -0.25) is 14.1 Å². The third-order valence-electron chi connectivity index (χ3n) is 5.85. The number of nitrogens with zero attached hydrogens (tertiary/aromatic N) is 2. The molecule has 5 rings (SSSR count). The number of rotatable bonds is 7. The molecule has 1 fully saturated rings. The number of hydrogen-bond donors (Lipinski definition) is 1. The van der Waals surface area contributed by atoms with Gasteiger partial charge in [-0.1, -0.05) is 41.7 Å². The second kappa shape index (κ2) is 9.79. The van der Waals surface area contributed by atoms with Crippen LogP contribution in [0.25, 0.3) is 10.2 Å². The molecule has 0 aliphatic carbocycles. The van der Waals surface area contributed by atoms with Crippen LogP contribution in [0.15, 0.2) is 87.4 Å². The first kappa shape index (κ1) is 24.7. The van der Waals surface area contributed by atoms with E-state index < -0.39 is 20.0 Å². The van der Waals surface area contributed by atoms with Crippen molar-refractivity contribution in [2.45, 2.75) is 16.3 Å². The Morgan fingerprint density at radius 2 is 1.53 bits per heavy atom. The van der Waals surface area contributed by atoms with Gasteiger partial charge in [0.2, 0.25) is 10.0 Å². The summed E-state index contributed by atoms with van der Waals surface area (Å²) in [6.07, 6.45) is 0. The molecule has 3 aromatic carbocycles. The zero-order valence-electron chi connectivity index (χ0n) is 19.0. The van der Waals surface area contributed by atoms with Crippen molar-refractivity contribution in [3.05, 3.63) is 88.0 Å². The lowest BCUT2D eigenvalue weighted by molar-refractivity contribution is 0.0730. The van der Waals surface area contributed by atoms with Crippen molar-refractivity contribution in [3.63, 3.8) is 0 Å². The summed E-state index contributed by atoms with van der Waals surface area (Å²) in [4.78, 5) is 12.5. The Labute approximate surface area is 212 Å². The smallest absolute Gasteiger partial charge is 0.308 e. The molecule has 1 N–H and O–H groups in total. The molecule has 4 aromatic rings. The number of sulfonamides is 2. The highest BCUT2D eigenvalue weighted by Crippen LogP contribution is 2.25. The van der Waals surface area contributed by atoms with Crippen LogP contribution in [-0.4, -0.2) is 52.0 Å². The van der Waals surface area contributed by atoms with Gasteiger partial charge in [0.1, 0.15) is 0 Å². The van der Waals surface area contributed by atoms with Gasteiger partial charge in [0.05, 0.1) is 39.8 Å². The van der Waals surface area contributed by atoms with E-state index >= 15 is 0 Å². The van der Waals surface area contributed by atoms with Crippen LogP contribution in [0, 0.1) is 0 Å². The molecule has 0 spiro atoms. The van der Waals surface area contributed by atoms with Crippen LogP contribution in [0.2, 0.25) is 0 Å². The van der Waals surface area contributed by atoms with Gasteiger partial charge in [0.15, 0.2) is 0 Å². The molecule has 0 atom stereocenters. The maximum Gasteiger partial charge on any atom is 0.308 e. The SMILES string of the molecule is O=c1sc2cc(S(=O)(=O)Nc3ccc(S(=O)(=O)N4CCOCC4)cc3)ccc2n1Cc1ccccc1. The lowest BCUT2D eigenvalue weighted by Gasteiger charge is -2.26. The molecule has 1 saturated heterocycles. The van der Waals surface area contributed by atoms with E-state index in [9.17, 15) is 21.6 Å². The molecule has 36 heavy (non-hydrogen) atoms. The Morgan fingerprint density at radius 3 is 2.22 bits per heavy atom. The highest BCUT2D eigenvalue weighted by molar-refractivity contribution is 7.92. The summed E-state index contributed by atoms with van der Waals surface area (Å²) in [5.41, 5.74) is 1.85. The van der Waals surface area contributed by atoms with Crippen LogP contribution < -0.4 is 9.60 Å². The lowest BCUT2D eigenvalue weighted by Crippen LogP contribution is -2.40. The fourth-order valence-corrected chi connectivity index (χ4v) is 7.47. The predicted octanol–water partition coefficient (Wildman–Crippen LogP) is 2.93. The largest absolute Gasteiger partial charge is 0.379 e. The Hall–Kier alpha value is -3.03. The second-order valence-electron chi connectivity index (χ2n) is 8.22. The quantitative estimate of drug-likeness (QED) is 0.382. The normalized spacial score (nSPS) is 15.2. The first-order chi connectivity index (χ1) is 17.2. The summed E-state index contributed by atoms with van der Waals surface area (Å²) >= 11 is 0.988. The third kappa shape index (κ3) is 4.95. The molecule has 0 bridgehead atoms. The van der Waals surface area contributed by atoms with Gasteiger partial charge < -0.3 is 4.74 Å². The standard InChI is InChI=1S/C24H23N3O6S3/c28-24-27(17-18-4-2-1-3-5-18)22-11-10-21(16-23(22)34-24)35(29,30)25-19-6-8-20(9-7-19)36(31,32)26-12-14-33-15-13-26/h1-11,16,25H,12-15,17H2. The average molecular weight is 546 g/mol. The van der Waals surface area contributed by atoms with Crippen LogP contribution in [0.5, 0.6) is 0 Å². The minimum atomic E-state index is -3.97. The summed E-state index contributed by atoms with van der Waals surface area (Å²) in [6.45, 7) is 1.62. The van der Waals surface area contributed by atoms with E-state index in [0.29, 0.717) is 30.0 Å². The number of fused-ring (bicyclic) bond motifs is 1. The molecule has 1 aliphatic heterocycles. The van der Waals surface area contributed by atoms with E-state index in [0.717, 1.165) is 16.9 Å². The van der Waals surface area contributed by atoms with Crippen LogP contribution in [0.1, 0.15) is 5.56 Å². The number of ether oxygens (including phenoxy) is 1. The van der Waals surface area contributed by atoms with Gasteiger partial charge in [0.25, 0.3) is 10.0 Å². The summed E-state index contributed by atoms with van der Waals surface area (Å²) in [6, 6.07) is 19.7. The van der Waals surface area contributed by atoms with Crippen molar-refractivity contribution >= 4 is 47.3 Å². The van der Waals surface area contributed by atoms with E-state index in [1.54, 1.807) is 10.6 Å². The molecule has 188 valence electrons. The van der Waals surface area contributed by atoms with Gasteiger partial charge >= 0.3 is 4.87 Å². The maximum absolute atomic E-state index is 13.0. The molecular weight excluding hydrogens is 522 g/mol. The molecule has 0 saturated carbocycles. The number of aromatic nitrogens is 1. The molecule has 2 heterocycles. The number of hydrogen-bond acceptors (Lipinski definition) is 7. The number of morpholine rings is 1. The molecule has 9 nitrogen and oxygen atoms in total. The van der Waals surface area contributed by atoms with Gasteiger partial charge in [-0.25, -0.2) is 16.8 Å². The summed E-state index contributed by atoms with van der Waals surface area (Å²) in [5, 5.41) is 0. The van der Waals surface area contributed by atoms with Gasteiger partial charge in [0, 0.05) is 18.8 Å². The predicted molar refractivity (Wildman–Crippen MR) is 138 cm³/mol. The van der Waals surface area contributed by atoms with Crippen molar-refractivity contribution < 1.29 is 21.6 Å². The van der Waals surface area contributed by atoms with Crippen molar-refractivity contribution in [1.82, 2.24) is 8.87 Å². The lowest BCUT2D eigenvalue weighted by atomic mass is 10.2.